The molecule has 0 fully saturated rings. The van der Waals surface area contributed by atoms with Crippen LogP contribution in [0.2, 0.25) is 0 Å². The molecule has 0 spiro atoms. The van der Waals surface area contributed by atoms with Crippen LogP contribution in [0.15, 0.2) is 42.0 Å². The van der Waals surface area contributed by atoms with Gasteiger partial charge in [0.25, 0.3) is 0 Å². The Morgan fingerprint density at radius 1 is 1.05 bits per heavy atom. The summed E-state index contributed by atoms with van der Waals surface area (Å²) in [4.78, 5) is 9.17. The number of thiophene rings is 1. The van der Waals surface area contributed by atoms with Crippen LogP contribution in [0.5, 0.6) is 0 Å². The molecule has 1 aromatic carbocycles. The molecular weight excluding hydrogens is 299 g/mol. The first kappa shape index (κ1) is 13.8. The summed E-state index contributed by atoms with van der Waals surface area (Å²) in [7, 11) is 0. The van der Waals surface area contributed by atoms with Gasteiger partial charge in [-0.2, -0.15) is 13.2 Å². The summed E-state index contributed by atoms with van der Waals surface area (Å²) < 4.78 is 37.4. The highest BCUT2D eigenvalue weighted by atomic mass is 32.1. The Balaban J connectivity index is 1.74. The molecule has 0 saturated heterocycles. The normalized spacial score (nSPS) is 11.8. The molecule has 3 rings (SSSR count). The van der Waals surface area contributed by atoms with Crippen molar-refractivity contribution in [3.05, 3.63) is 53.2 Å². The van der Waals surface area contributed by atoms with Crippen molar-refractivity contribution in [1.29, 1.82) is 0 Å². The molecule has 0 aliphatic heterocycles. The quantitative estimate of drug-likeness (QED) is 0.783. The molecule has 1 N–H and O–H groups in total. The predicted octanol–water partition coefficient (Wildman–Crippen LogP) is 4.32. The van der Waals surface area contributed by atoms with Gasteiger partial charge >= 0.3 is 6.18 Å². The Hall–Kier alpha value is -2.15. The predicted molar refractivity (Wildman–Crippen MR) is 76.2 cm³/mol. The van der Waals surface area contributed by atoms with Crippen molar-refractivity contribution in [1.82, 2.24) is 9.97 Å². The van der Waals surface area contributed by atoms with Crippen molar-refractivity contribution in [2.45, 2.75) is 12.7 Å². The van der Waals surface area contributed by atoms with Crippen LogP contribution in [0.4, 0.5) is 19.0 Å². The Morgan fingerprint density at radius 3 is 2.52 bits per heavy atom. The van der Waals surface area contributed by atoms with Gasteiger partial charge in [0, 0.05) is 6.54 Å². The van der Waals surface area contributed by atoms with Gasteiger partial charge in [-0.1, -0.05) is 12.1 Å². The van der Waals surface area contributed by atoms with Gasteiger partial charge in [0.2, 0.25) is 0 Å². The first-order valence-corrected chi connectivity index (χ1v) is 7.00. The van der Waals surface area contributed by atoms with E-state index in [9.17, 15) is 13.2 Å². The SMILES string of the molecule is FC(F)(F)c1ccc(CNc2ncnc3sccc23)cc1. The van der Waals surface area contributed by atoms with Crippen molar-refractivity contribution in [3.8, 4) is 0 Å². The van der Waals surface area contributed by atoms with Crippen molar-refractivity contribution >= 4 is 27.4 Å². The van der Waals surface area contributed by atoms with E-state index in [4.69, 9.17) is 0 Å². The third kappa shape index (κ3) is 2.97. The molecule has 3 nitrogen and oxygen atoms in total. The largest absolute Gasteiger partial charge is 0.416 e. The molecular formula is C14H10F3N3S. The van der Waals surface area contributed by atoms with Gasteiger partial charge in [0.05, 0.1) is 10.9 Å². The van der Waals surface area contributed by atoms with Crippen molar-refractivity contribution < 1.29 is 13.2 Å². The standard InChI is InChI=1S/C14H10F3N3S/c15-14(16,17)10-3-1-9(2-4-10)7-18-12-11-5-6-21-13(11)20-8-19-12/h1-6,8H,7H2,(H,18,19,20). The molecule has 0 bridgehead atoms. The highest BCUT2D eigenvalue weighted by Crippen LogP contribution is 2.29. The van der Waals surface area contributed by atoms with Crippen LogP contribution >= 0.6 is 11.3 Å². The van der Waals surface area contributed by atoms with Crippen molar-refractivity contribution in [3.63, 3.8) is 0 Å². The number of anilines is 1. The van der Waals surface area contributed by atoms with E-state index in [-0.39, 0.29) is 0 Å². The van der Waals surface area contributed by atoms with Crippen LogP contribution in [0.3, 0.4) is 0 Å². The van der Waals surface area contributed by atoms with Gasteiger partial charge in [-0.05, 0) is 29.1 Å². The summed E-state index contributed by atoms with van der Waals surface area (Å²) in [5, 5.41) is 5.95. The Morgan fingerprint density at radius 2 is 1.81 bits per heavy atom. The molecule has 2 heterocycles. The summed E-state index contributed by atoms with van der Waals surface area (Å²) in [5.74, 6) is 0.682. The topological polar surface area (TPSA) is 37.8 Å². The molecule has 0 radical (unpaired) electrons. The molecule has 0 saturated carbocycles. The maximum absolute atomic E-state index is 12.5. The van der Waals surface area contributed by atoms with Crippen molar-refractivity contribution in [2.75, 3.05) is 5.32 Å². The van der Waals surface area contributed by atoms with Crippen LogP contribution in [0.1, 0.15) is 11.1 Å². The zero-order valence-corrected chi connectivity index (χ0v) is 11.5. The lowest BCUT2D eigenvalue weighted by atomic mass is 10.1. The minimum absolute atomic E-state index is 0.403. The second-order valence-corrected chi connectivity index (χ2v) is 5.30. The lowest BCUT2D eigenvalue weighted by molar-refractivity contribution is -0.137. The number of fused-ring (bicyclic) bond motifs is 1. The zero-order valence-electron chi connectivity index (χ0n) is 10.7. The van der Waals surface area contributed by atoms with Gasteiger partial charge in [0.15, 0.2) is 0 Å². The van der Waals surface area contributed by atoms with Crippen LogP contribution < -0.4 is 5.32 Å². The molecule has 0 atom stereocenters. The van der Waals surface area contributed by atoms with E-state index in [1.165, 1.54) is 29.8 Å². The maximum atomic E-state index is 12.5. The number of nitrogens with zero attached hydrogens (tertiary/aromatic N) is 2. The van der Waals surface area contributed by atoms with Gasteiger partial charge < -0.3 is 5.32 Å². The van der Waals surface area contributed by atoms with Crippen LogP contribution in [-0.2, 0) is 12.7 Å². The highest BCUT2D eigenvalue weighted by molar-refractivity contribution is 7.16. The van der Waals surface area contributed by atoms with E-state index in [0.717, 1.165) is 27.9 Å². The number of aromatic nitrogens is 2. The molecule has 0 aliphatic rings. The van der Waals surface area contributed by atoms with Gasteiger partial charge in [-0.15, -0.1) is 11.3 Å². The minimum Gasteiger partial charge on any atom is -0.365 e. The highest BCUT2D eigenvalue weighted by Gasteiger charge is 2.29. The monoisotopic (exact) mass is 309 g/mol. The molecule has 7 heteroatoms. The maximum Gasteiger partial charge on any atom is 0.416 e. The van der Waals surface area contributed by atoms with E-state index < -0.39 is 11.7 Å². The van der Waals surface area contributed by atoms with E-state index in [1.54, 1.807) is 0 Å². The smallest absolute Gasteiger partial charge is 0.365 e. The number of hydrogen-bond donors (Lipinski definition) is 1. The lowest BCUT2D eigenvalue weighted by Crippen LogP contribution is -2.06. The average molecular weight is 309 g/mol. The van der Waals surface area contributed by atoms with Gasteiger partial charge in [-0.3, -0.25) is 0 Å². The minimum atomic E-state index is -4.30. The molecule has 3 aromatic rings. The summed E-state index contributed by atoms with van der Waals surface area (Å²) in [6.45, 7) is 0.403. The van der Waals surface area contributed by atoms with Gasteiger partial charge in [-0.25, -0.2) is 9.97 Å². The Kier molecular flexibility index (Phi) is 3.50. The Labute approximate surface area is 122 Å². The summed E-state index contributed by atoms with van der Waals surface area (Å²) in [6.07, 6.45) is -2.84. The van der Waals surface area contributed by atoms with E-state index in [1.807, 2.05) is 11.4 Å². The summed E-state index contributed by atoms with van der Waals surface area (Å²) >= 11 is 1.51. The lowest BCUT2D eigenvalue weighted by Gasteiger charge is -2.09. The molecule has 108 valence electrons. The second kappa shape index (κ2) is 5.33. The second-order valence-electron chi connectivity index (χ2n) is 4.41. The number of alkyl halides is 3. The van der Waals surface area contributed by atoms with Crippen LogP contribution in [0.25, 0.3) is 10.2 Å². The third-order valence-corrected chi connectivity index (χ3v) is 3.82. The Bertz CT molecular complexity index is 750. The number of benzene rings is 1. The molecule has 21 heavy (non-hydrogen) atoms. The fourth-order valence-electron chi connectivity index (χ4n) is 1.93. The van der Waals surface area contributed by atoms with E-state index in [2.05, 4.69) is 15.3 Å². The molecule has 0 amide bonds. The summed E-state index contributed by atoms with van der Waals surface area (Å²) in [5.41, 5.74) is 0.110. The van der Waals surface area contributed by atoms with Gasteiger partial charge in [0.1, 0.15) is 17.0 Å². The van der Waals surface area contributed by atoms with Crippen LogP contribution in [0, 0.1) is 0 Å². The van der Waals surface area contributed by atoms with E-state index >= 15 is 0 Å². The molecule has 2 aromatic heterocycles. The number of hydrogen-bond acceptors (Lipinski definition) is 4. The van der Waals surface area contributed by atoms with Crippen molar-refractivity contribution in [2.24, 2.45) is 0 Å². The average Bonchev–Trinajstić information content (AvgIpc) is 2.93. The number of rotatable bonds is 3. The number of halogens is 3. The molecule has 0 aliphatic carbocycles. The fraction of sp³-hybridized carbons (Fsp3) is 0.143. The van der Waals surface area contributed by atoms with E-state index in [0.29, 0.717) is 12.4 Å². The van der Waals surface area contributed by atoms with Crippen LogP contribution in [-0.4, -0.2) is 9.97 Å². The first-order chi connectivity index (χ1) is 10.0. The summed E-state index contributed by atoms with van der Waals surface area (Å²) in [6, 6.07) is 6.99. The third-order valence-electron chi connectivity index (χ3n) is 3.00. The molecule has 0 unspecified atom stereocenters. The fourth-order valence-corrected chi connectivity index (χ4v) is 2.66. The number of nitrogens with one attached hydrogen (secondary N) is 1. The first-order valence-electron chi connectivity index (χ1n) is 6.12. The zero-order chi connectivity index (χ0) is 14.9.